The van der Waals surface area contributed by atoms with Gasteiger partial charge in [0.15, 0.2) is 0 Å². The monoisotopic (exact) mass is 250 g/mol. The summed E-state index contributed by atoms with van der Waals surface area (Å²) >= 11 is 0. The Kier molecular flexibility index (Phi) is 9.63. The quantitative estimate of drug-likeness (QED) is 0.297. The highest BCUT2D eigenvalue weighted by Crippen LogP contribution is 2.20. The molecule has 0 N–H and O–H groups in total. The van der Waals surface area contributed by atoms with Crippen molar-refractivity contribution in [3.8, 4) is 0 Å². The third-order valence-electron chi connectivity index (χ3n) is 3.20. The van der Waals surface area contributed by atoms with Crippen LogP contribution in [0.15, 0.2) is 24.3 Å². The third kappa shape index (κ3) is 9.21. The fourth-order valence-corrected chi connectivity index (χ4v) is 1.97. The molecule has 0 aliphatic heterocycles. The van der Waals surface area contributed by atoms with Gasteiger partial charge in [-0.25, -0.2) is 0 Å². The molecule has 0 aliphatic rings. The second-order valence-corrected chi connectivity index (χ2v) is 6.05. The van der Waals surface area contributed by atoms with Crippen molar-refractivity contribution in [2.24, 2.45) is 17.8 Å². The van der Waals surface area contributed by atoms with E-state index in [1.165, 1.54) is 6.42 Å². The topological polar surface area (TPSA) is 17.1 Å². The summed E-state index contributed by atoms with van der Waals surface area (Å²) < 4.78 is 0. The molecule has 0 bridgehead atoms. The fraction of sp³-hybridized carbons (Fsp3) is 0.706. The second-order valence-electron chi connectivity index (χ2n) is 6.05. The average molecular weight is 250 g/mol. The lowest BCUT2D eigenvalue weighted by atomic mass is 9.92. The summed E-state index contributed by atoms with van der Waals surface area (Å²) in [5.41, 5.74) is 0.972. The maximum Gasteiger partial charge on any atom is 0.145 e. The SMILES string of the molecule is C=CCC(C=C(C=O)CCC(C)C)CCC(C)C. The molecule has 0 aromatic rings. The first-order chi connectivity index (χ1) is 8.49. The summed E-state index contributed by atoms with van der Waals surface area (Å²) in [6.45, 7) is 12.7. The molecule has 0 fully saturated rings. The predicted octanol–water partition coefficient (Wildman–Crippen LogP) is 5.18. The number of carbonyl (C=O) groups is 1. The van der Waals surface area contributed by atoms with Crippen LogP contribution in [-0.4, -0.2) is 6.29 Å². The number of rotatable bonds is 10. The summed E-state index contributed by atoms with van der Waals surface area (Å²) in [6.07, 6.45) is 10.5. The second kappa shape index (κ2) is 10.1. The number of carbonyl (C=O) groups excluding carboxylic acids is 1. The third-order valence-corrected chi connectivity index (χ3v) is 3.20. The van der Waals surface area contributed by atoms with Gasteiger partial charge >= 0.3 is 0 Å². The molecule has 0 aromatic carbocycles. The van der Waals surface area contributed by atoms with Crippen molar-refractivity contribution in [1.82, 2.24) is 0 Å². The molecular formula is C17H30O. The van der Waals surface area contributed by atoms with Crippen LogP contribution in [0.1, 0.15) is 59.8 Å². The maximum absolute atomic E-state index is 11.1. The minimum Gasteiger partial charge on any atom is -0.298 e. The molecule has 1 unspecified atom stereocenters. The van der Waals surface area contributed by atoms with E-state index < -0.39 is 0 Å². The molecule has 0 radical (unpaired) electrons. The standard InChI is InChI=1S/C17H30O/c1-6-7-16(10-8-14(2)3)12-17(13-18)11-9-15(4)5/h6,12-16H,1,7-11H2,2-5H3. The van der Waals surface area contributed by atoms with Crippen molar-refractivity contribution < 1.29 is 4.79 Å². The molecule has 1 atom stereocenters. The van der Waals surface area contributed by atoms with Crippen molar-refractivity contribution in [2.75, 3.05) is 0 Å². The molecule has 0 amide bonds. The van der Waals surface area contributed by atoms with Gasteiger partial charge in [0.2, 0.25) is 0 Å². The molecule has 0 spiro atoms. The molecule has 0 saturated carbocycles. The van der Waals surface area contributed by atoms with Crippen LogP contribution < -0.4 is 0 Å². The van der Waals surface area contributed by atoms with Gasteiger partial charge in [-0.1, -0.05) is 46.3 Å². The van der Waals surface area contributed by atoms with E-state index in [-0.39, 0.29) is 0 Å². The molecule has 104 valence electrons. The Hall–Kier alpha value is -0.850. The summed E-state index contributed by atoms with van der Waals surface area (Å²) in [4.78, 5) is 11.1. The van der Waals surface area contributed by atoms with E-state index in [1.807, 2.05) is 6.08 Å². The summed E-state index contributed by atoms with van der Waals surface area (Å²) in [5, 5.41) is 0. The highest BCUT2D eigenvalue weighted by atomic mass is 16.1. The van der Waals surface area contributed by atoms with Gasteiger partial charge in [-0.05, 0) is 49.0 Å². The van der Waals surface area contributed by atoms with Gasteiger partial charge in [0, 0.05) is 0 Å². The molecule has 0 saturated heterocycles. The summed E-state index contributed by atoms with van der Waals surface area (Å²) in [7, 11) is 0. The number of aldehydes is 1. The first-order valence-electron chi connectivity index (χ1n) is 7.26. The van der Waals surface area contributed by atoms with Gasteiger partial charge in [-0.2, -0.15) is 0 Å². The number of hydrogen-bond acceptors (Lipinski definition) is 1. The van der Waals surface area contributed by atoms with Gasteiger partial charge in [0.05, 0.1) is 0 Å². The van der Waals surface area contributed by atoms with E-state index in [1.54, 1.807) is 0 Å². The smallest absolute Gasteiger partial charge is 0.145 e. The predicted molar refractivity (Wildman–Crippen MR) is 80.6 cm³/mol. The van der Waals surface area contributed by atoms with Crippen LogP contribution in [0.4, 0.5) is 0 Å². The zero-order chi connectivity index (χ0) is 14.0. The van der Waals surface area contributed by atoms with Crippen LogP contribution in [0.3, 0.4) is 0 Å². The summed E-state index contributed by atoms with van der Waals surface area (Å²) in [5.74, 6) is 1.86. The maximum atomic E-state index is 11.1. The zero-order valence-corrected chi connectivity index (χ0v) is 12.6. The Morgan fingerprint density at radius 1 is 1.06 bits per heavy atom. The van der Waals surface area contributed by atoms with E-state index in [2.05, 4.69) is 40.3 Å². The van der Waals surface area contributed by atoms with E-state index in [9.17, 15) is 4.79 Å². The first kappa shape index (κ1) is 17.2. The van der Waals surface area contributed by atoms with Crippen LogP contribution in [0, 0.1) is 17.8 Å². The van der Waals surface area contributed by atoms with Crippen molar-refractivity contribution in [3.63, 3.8) is 0 Å². The van der Waals surface area contributed by atoms with Gasteiger partial charge in [0.1, 0.15) is 6.29 Å². The lowest BCUT2D eigenvalue weighted by Gasteiger charge is -2.14. The molecule has 18 heavy (non-hydrogen) atoms. The molecule has 1 heteroatoms. The molecule has 0 aromatic heterocycles. The Bertz CT molecular complexity index is 261. The lowest BCUT2D eigenvalue weighted by molar-refractivity contribution is -0.105. The minimum absolute atomic E-state index is 0.484. The van der Waals surface area contributed by atoms with Crippen LogP contribution in [0.5, 0.6) is 0 Å². The largest absolute Gasteiger partial charge is 0.298 e. The normalized spacial score (nSPS) is 14.0. The van der Waals surface area contributed by atoms with Crippen molar-refractivity contribution in [3.05, 3.63) is 24.3 Å². The highest BCUT2D eigenvalue weighted by Gasteiger charge is 2.08. The molecule has 0 rings (SSSR count). The Labute approximate surface area is 113 Å². The minimum atomic E-state index is 0.484. The Balaban J connectivity index is 4.45. The first-order valence-corrected chi connectivity index (χ1v) is 7.26. The van der Waals surface area contributed by atoms with Crippen molar-refractivity contribution in [1.29, 1.82) is 0 Å². The van der Waals surface area contributed by atoms with Gasteiger partial charge in [-0.15, -0.1) is 6.58 Å². The Morgan fingerprint density at radius 3 is 2.11 bits per heavy atom. The molecular weight excluding hydrogens is 220 g/mol. The molecule has 0 heterocycles. The fourth-order valence-electron chi connectivity index (χ4n) is 1.97. The molecule has 1 nitrogen and oxygen atoms in total. The van der Waals surface area contributed by atoms with Crippen molar-refractivity contribution in [2.45, 2.75) is 59.8 Å². The van der Waals surface area contributed by atoms with E-state index in [0.717, 1.165) is 43.5 Å². The number of allylic oxidation sites excluding steroid dienone is 3. The van der Waals surface area contributed by atoms with Crippen LogP contribution in [0.2, 0.25) is 0 Å². The van der Waals surface area contributed by atoms with Crippen LogP contribution >= 0.6 is 0 Å². The molecule has 0 aliphatic carbocycles. The highest BCUT2D eigenvalue weighted by molar-refractivity contribution is 5.73. The van der Waals surface area contributed by atoms with Crippen LogP contribution in [-0.2, 0) is 4.79 Å². The van der Waals surface area contributed by atoms with Crippen molar-refractivity contribution >= 4 is 6.29 Å². The summed E-state index contributed by atoms with van der Waals surface area (Å²) in [6, 6.07) is 0. The van der Waals surface area contributed by atoms with E-state index in [0.29, 0.717) is 11.8 Å². The van der Waals surface area contributed by atoms with Gasteiger partial charge in [-0.3, -0.25) is 4.79 Å². The Morgan fingerprint density at radius 2 is 1.67 bits per heavy atom. The van der Waals surface area contributed by atoms with E-state index >= 15 is 0 Å². The van der Waals surface area contributed by atoms with Crippen LogP contribution in [0.25, 0.3) is 0 Å². The van der Waals surface area contributed by atoms with E-state index in [4.69, 9.17) is 0 Å². The number of hydrogen-bond donors (Lipinski definition) is 0. The van der Waals surface area contributed by atoms with Gasteiger partial charge < -0.3 is 0 Å². The lowest BCUT2D eigenvalue weighted by Crippen LogP contribution is -2.01. The van der Waals surface area contributed by atoms with Gasteiger partial charge in [0.25, 0.3) is 0 Å². The zero-order valence-electron chi connectivity index (χ0n) is 12.6. The average Bonchev–Trinajstić information content (AvgIpc) is 2.30.